The Morgan fingerprint density at radius 2 is 2.25 bits per heavy atom. The van der Waals surface area contributed by atoms with Gasteiger partial charge in [-0.05, 0) is 24.7 Å². The maximum Gasteiger partial charge on any atom is 0.0490 e. The fraction of sp³-hybridized carbons (Fsp3) is 1.00. The molecular formula is C10H19ClO. The normalized spacial score (nSPS) is 33.2. The SMILES string of the molecule is COCC(C)C1CCCC(Cl)C1. The minimum Gasteiger partial charge on any atom is -0.384 e. The van der Waals surface area contributed by atoms with Gasteiger partial charge in [-0.25, -0.2) is 0 Å². The number of hydrogen-bond acceptors (Lipinski definition) is 1. The van der Waals surface area contributed by atoms with E-state index < -0.39 is 0 Å². The van der Waals surface area contributed by atoms with Crippen LogP contribution in [0.4, 0.5) is 0 Å². The Hall–Kier alpha value is 0.250. The molecule has 1 aliphatic carbocycles. The van der Waals surface area contributed by atoms with Gasteiger partial charge in [0.05, 0.1) is 0 Å². The third-order valence-corrected chi connectivity index (χ3v) is 3.28. The molecule has 1 fully saturated rings. The molecular weight excluding hydrogens is 172 g/mol. The van der Waals surface area contributed by atoms with Gasteiger partial charge in [0.25, 0.3) is 0 Å². The van der Waals surface area contributed by atoms with Crippen molar-refractivity contribution >= 4 is 11.6 Å². The van der Waals surface area contributed by atoms with Crippen molar-refractivity contribution in [3.8, 4) is 0 Å². The molecule has 1 nitrogen and oxygen atoms in total. The van der Waals surface area contributed by atoms with E-state index in [2.05, 4.69) is 6.92 Å². The smallest absolute Gasteiger partial charge is 0.0490 e. The highest BCUT2D eigenvalue weighted by Crippen LogP contribution is 2.32. The molecule has 0 aromatic rings. The van der Waals surface area contributed by atoms with Crippen LogP contribution in [0.25, 0.3) is 0 Å². The molecule has 0 heterocycles. The highest BCUT2D eigenvalue weighted by Gasteiger charge is 2.24. The maximum atomic E-state index is 6.11. The molecule has 72 valence electrons. The van der Waals surface area contributed by atoms with Crippen molar-refractivity contribution in [3.05, 3.63) is 0 Å². The lowest BCUT2D eigenvalue weighted by Gasteiger charge is -2.29. The zero-order chi connectivity index (χ0) is 8.97. The van der Waals surface area contributed by atoms with Crippen LogP contribution in [0, 0.1) is 11.8 Å². The Morgan fingerprint density at radius 3 is 2.83 bits per heavy atom. The first-order chi connectivity index (χ1) is 5.74. The monoisotopic (exact) mass is 190 g/mol. The van der Waals surface area contributed by atoms with Gasteiger partial charge in [0.2, 0.25) is 0 Å². The van der Waals surface area contributed by atoms with Gasteiger partial charge in [0.1, 0.15) is 0 Å². The van der Waals surface area contributed by atoms with E-state index in [0.29, 0.717) is 11.3 Å². The summed E-state index contributed by atoms with van der Waals surface area (Å²) in [5.41, 5.74) is 0. The standard InChI is InChI=1S/C10H19ClO/c1-8(7-12-2)9-4-3-5-10(11)6-9/h8-10H,3-7H2,1-2H3. The van der Waals surface area contributed by atoms with E-state index in [1.54, 1.807) is 7.11 Å². The second kappa shape index (κ2) is 5.08. The molecule has 0 bridgehead atoms. The summed E-state index contributed by atoms with van der Waals surface area (Å²) in [6.45, 7) is 3.15. The fourth-order valence-electron chi connectivity index (χ4n) is 2.08. The van der Waals surface area contributed by atoms with E-state index in [-0.39, 0.29) is 0 Å². The number of halogens is 1. The van der Waals surface area contributed by atoms with Crippen LogP contribution in [0.2, 0.25) is 0 Å². The molecule has 3 atom stereocenters. The molecule has 0 saturated heterocycles. The first-order valence-corrected chi connectivity index (χ1v) is 5.30. The summed E-state index contributed by atoms with van der Waals surface area (Å²) in [6.07, 6.45) is 5.03. The van der Waals surface area contributed by atoms with E-state index in [1.165, 1.54) is 25.7 Å². The van der Waals surface area contributed by atoms with Gasteiger partial charge in [0.15, 0.2) is 0 Å². The second-order valence-electron chi connectivity index (χ2n) is 3.96. The summed E-state index contributed by atoms with van der Waals surface area (Å²) >= 11 is 6.11. The average Bonchev–Trinajstić information content (AvgIpc) is 2.05. The van der Waals surface area contributed by atoms with E-state index in [0.717, 1.165) is 12.5 Å². The van der Waals surface area contributed by atoms with Crippen LogP contribution in [0.1, 0.15) is 32.6 Å². The molecule has 0 amide bonds. The van der Waals surface area contributed by atoms with Gasteiger partial charge < -0.3 is 4.74 Å². The number of ether oxygens (including phenoxy) is 1. The van der Waals surface area contributed by atoms with E-state index >= 15 is 0 Å². The Bertz CT molecular complexity index is 127. The molecule has 0 N–H and O–H groups in total. The molecule has 3 unspecified atom stereocenters. The van der Waals surface area contributed by atoms with E-state index in [1.807, 2.05) is 0 Å². The lowest BCUT2D eigenvalue weighted by Crippen LogP contribution is -2.24. The summed E-state index contributed by atoms with van der Waals surface area (Å²) in [5.74, 6) is 1.47. The van der Waals surface area contributed by atoms with Gasteiger partial charge in [-0.3, -0.25) is 0 Å². The molecule has 1 saturated carbocycles. The van der Waals surface area contributed by atoms with Crippen molar-refractivity contribution < 1.29 is 4.74 Å². The molecule has 0 spiro atoms. The van der Waals surface area contributed by atoms with Crippen LogP contribution in [0.15, 0.2) is 0 Å². The minimum absolute atomic E-state index is 0.419. The van der Waals surface area contributed by atoms with Gasteiger partial charge in [0, 0.05) is 19.1 Å². The van der Waals surface area contributed by atoms with Crippen LogP contribution in [-0.4, -0.2) is 19.1 Å². The maximum absolute atomic E-state index is 6.11. The fourth-order valence-corrected chi connectivity index (χ4v) is 2.46. The summed E-state index contributed by atoms with van der Waals surface area (Å²) in [6, 6.07) is 0. The van der Waals surface area contributed by atoms with Gasteiger partial charge >= 0.3 is 0 Å². The molecule has 0 radical (unpaired) electrons. The molecule has 1 rings (SSSR count). The molecule has 12 heavy (non-hydrogen) atoms. The number of hydrogen-bond donors (Lipinski definition) is 0. The highest BCUT2D eigenvalue weighted by atomic mass is 35.5. The molecule has 0 aromatic carbocycles. The number of methoxy groups -OCH3 is 1. The predicted molar refractivity (Wildman–Crippen MR) is 52.6 cm³/mol. The zero-order valence-corrected chi connectivity index (χ0v) is 8.81. The Labute approximate surface area is 80.4 Å². The van der Waals surface area contributed by atoms with Crippen LogP contribution >= 0.6 is 11.6 Å². The van der Waals surface area contributed by atoms with Gasteiger partial charge in [-0.2, -0.15) is 0 Å². The van der Waals surface area contributed by atoms with Crippen molar-refractivity contribution in [1.82, 2.24) is 0 Å². The summed E-state index contributed by atoms with van der Waals surface area (Å²) < 4.78 is 5.15. The summed E-state index contributed by atoms with van der Waals surface area (Å²) in [5, 5.41) is 0.419. The third-order valence-electron chi connectivity index (χ3n) is 2.89. The number of alkyl halides is 1. The zero-order valence-electron chi connectivity index (χ0n) is 8.05. The lowest BCUT2D eigenvalue weighted by atomic mass is 9.81. The van der Waals surface area contributed by atoms with Crippen molar-refractivity contribution in [3.63, 3.8) is 0 Å². The van der Waals surface area contributed by atoms with Crippen LogP contribution in [-0.2, 0) is 4.74 Å². The lowest BCUT2D eigenvalue weighted by molar-refractivity contribution is 0.115. The minimum atomic E-state index is 0.419. The largest absolute Gasteiger partial charge is 0.384 e. The Morgan fingerprint density at radius 1 is 1.50 bits per heavy atom. The summed E-state index contributed by atoms with van der Waals surface area (Å²) in [7, 11) is 1.78. The van der Waals surface area contributed by atoms with E-state index in [4.69, 9.17) is 16.3 Å². The highest BCUT2D eigenvalue weighted by molar-refractivity contribution is 6.20. The van der Waals surface area contributed by atoms with Crippen molar-refractivity contribution in [1.29, 1.82) is 0 Å². The van der Waals surface area contributed by atoms with Crippen molar-refractivity contribution in [2.75, 3.05) is 13.7 Å². The van der Waals surface area contributed by atoms with Gasteiger partial charge in [-0.1, -0.05) is 19.8 Å². The Balaban J connectivity index is 2.29. The quantitative estimate of drug-likeness (QED) is 0.622. The molecule has 2 heteroatoms. The van der Waals surface area contributed by atoms with E-state index in [9.17, 15) is 0 Å². The van der Waals surface area contributed by atoms with Crippen LogP contribution < -0.4 is 0 Å². The Kier molecular flexibility index (Phi) is 4.38. The average molecular weight is 191 g/mol. The third kappa shape index (κ3) is 2.95. The number of rotatable bonds is 3. The van der Waals surface area contributed by atoms with Crippen LogP contribution in [0.3, 0.4) is 0 Å². The first-order valence-electron chi connectivity index (χ1n) is 4.87. The first kappa shape index (κ1) is 10.3. The van der Waals surface area contributed by atoms with Crippen molar-refractivity contribution in [2.45, 2.75) is 38.0 Å². The molecule has 0 aromatic heterocycles. The summed E-state index contributed by atoms with van der Waals surface area (Å²) in [4.78, 5) is 0. The van der Waals surface area contributed by atoms with Crippen LogP contribution in [0.5, 0.6) is 0 Å². The second-order valence-corrected chi connectivity index (χ2v) is 4.57. The van der Waals surface area contributed by atoms with Gasteiger partial charge in [-0.15, -0.1) is 11.6 Å². The molecule has 0 aliphatic heterocycles. The predicted octanol–water partition coefficient (Wildman–Crippen LogP) is 3.07. The molecule has 1 aliphatic rings. The topological polar surface area (TPSA) is 9.23 Å². The van der Waals surface area contributed by atoms with Crippen molar-refractivity contribution in [2.24, 2.45) is 11.8 Å².